The minimum absolute atomic E-state index is 0.203. The summed E-state index contributed by atoms with van der Waals surface area (Å²) < 4.78 is 6.00. The van der Waals surface area contributed by atoms with Gasteiger partial charge in [0.05, 0.1) is 24.1 Å². The van der Waals surface area contributed by atoms with Crippen molar-refractivity contribution >= 4 is 14.0 Å². The lowest BCUT2D eigenvalue weighted by atomic mass is 10.1. The summed E-state index contributed by atoms with van der Waals surface area (Å²) in [5, 5.41) is 0. The van der Waals surface area contributed by atoms with Crippen molar-refractivity contribution in [3.8, 4) is 0 Å². The van der Waals surface area contributed by atoms with E-state index < -0.39 is 8.32 Å². The van der Waals surface area contributed by atoms with Crippen LogP contribution in [0.3, 0.4) is 0 Å². The van der Waals surface area contributed by atoms with Gasteiger partial charge in [0.15, 0.2) is 8.32 Å². The molecule has 0 aliphatic carbocycles. The third-order valence-corrected chi connectivity index (χ3v) is 3.88. The molecule has 0 unspecified atom stereocenters. The quantitative estimate of drug-likeness (QED) is 0.586. The van der Waals surface area contributed by atoms with Crippen molar-refractivity contribution in [3.05, 3.63) is 30.1 Å². The summed E-state index contributed by atoms with van der Waals surface area (Å²) in [6, 6.07) is 6.11. The molecule has 106 valence electrons. The van der Waals surface area contributed by atoms with Crippen LogP contribution in [-0.2, 0) is 4.43 Å². The molecule has 1 rings (SSSR count). The predicted molar refractivity (Wildman–Crippen MR) is 84.4 cm³/mol. The van der Waals surface area contributed by atoms with E-state index in [1.807, 2.05) is 25.1 Å². The molecule has 4 heteroatoms. The van der Waals surface area contributed by atoms with E-state index >= 15 is 0 Å². The highest BCUT2D eigenvalue weighted by Crippen LogP contribution is 2.12. The second-order valence-electron chi connectivity index (χ2n) is 6.16. The first-order valence-corrected chi connectivity index (χ1v) is 10.3. The van der Waals surface area contributed by atoms with Crippen LogP contribution in [0.1, 0.15) is 26.5 Å². The Bertz CT molecular complexity index is 410. The molecule has 1 atom stereocenters. The van der Waals surface area contributed by atoms with Crippen molar-refractivity contribution in [2.75, 3.05) is 6.61 Å². The van der Waals surface area contributed by atoms with Gasteiger partial charge in [-0.1, -0.05) is 19.9 Å². The van der Waals surface area contributed by atoms with Gasteiger partial charge >= 0.3 is 0 Å². The van der Waals surface area contributed by atoms with Crippen molar-refractivity contribution in [2.45, 2.75) is 46.5 Å². The summed E-state index contributed by atoms with van der Waals surface area (Å²) in [7, 11) is -1.48. The van der Waals surface area contributed by atoms with Crippen LogP contribution in [0.2, 0.25) is 19.6 Å². The van der Waals surface area contributed by atoms with Crippen LogP contribution < -0.4 is 0 Å². The van der Waals surface area contributed by atoms with Gasteiger partial charge in [-0.2, -0.15) is 0 Å². The van der Waals surface area contributed by atoms with E-state index in [-0.39, 0.29) is 6.04 Å². The summed E-state index contributed by atoms with van der Waals surface area (Å²) in [5.74, 6) is 0.468. The minimum Gasteiger partial charge on any atom is -0.415 e. The van der Waals surface area contributed by atoms with Gasteiger partial charge in [-0.25, -0.2) is 0 Å². The SMILES string of the molecule is CC(=N[C@H](CO[Si](C)(C)C)C(C)C)c1ccccn1. The Morgan fingerprint density at radius 2 is 2.00 bits per heavy atom. The highest BCUT2D eigenvalue weighted by Gasteiger charge is 2.19. The molecule has 19 heavy (non-hydrogen) atoms. The second-order valence-corrected chi connectivity index (χ2v) is 10.7. The standard InChI is InChI=1S/C15H26N2OSi/c1-12(2)15(11-18-19(4,5)6)17-13(3)14-9-7-8-10-16-14/h7-10,12,15H,11H2,1-6H3/t15-/m1/s1. The Morgan fingerprint density at radius 3 is 2.47 bits per heavy atom. The number of aliphatic imine (C=N–C) groups is 1. The first-order valence-electron chi connectivity index (χ1n) is 6.89. The first-order chi connectivity index (χ1) is 8.79. The van der Waals surface area contributed by atoms with Crippen LogP contribution in [0, 0.1) is 5.92 Å². The molecule has 0 N–H and O–H groups in total. The number of pyridine rings is 1. The topological polar surface area (TPSA) is 34.5 Å². The van der Waals surface area contributed by atoms with Crippen LogP contribution in [-0.4, -0.2) is 31.7 Å². The zero-order valence-electron chi connectivity index (χ0n) is 13.0. The van der Waals surface area contributed by atoms with Crippen LogP contribution in [0.5, 0.6) is 0 Å². The lowest BCUT2D eigenvalue weighted by Crippen LogP contribution is -2.32. The van der Waals surface area contributed by atoms with Gasteiger partial charge in [-0.15, -0.1) is 0 Å². The summed E-state index contributed by atoms with van der Waals surface area (Å²) in [4.78, 5) is 9.14. The molecule has 0 fully saturated rings. The van der Waals surface area contributed by atoms with Gasteiger partial charge in [-0.3, -0.25) is 9.98 Å². The minimum atomic E-state index is -1.48. The molecule has 0 saturated heterocycles. The highest BCUT2D eigenvalue weighted by molar-refractivity contribution is 6.69. The fourth-order valence-corrected chi connectivity index (χ4v) is 2.28. The van der Waals surface area contributed by atoms with E-state index in [0.717, 1.165) is 11.4 Å². The van der Waals surface area contributed by atoms with E-state index in [9.17, 15) is 0 Å². The van der Waals surface area contributed by atoms with Crippen molar-refractivity contribution in [2.24, 2.45) is 10.9 Å². The number of nitrogens with zero attached hydrogens (tertiary/aromatic N) is 2. The van der Waals surface area contributed by atoms with E-state index in [1.165, 1.54) is 0 Å². The molecule has 0 aliphatic rings. The fourth-order valence-electron chi connectivity index (χ4n) is 1.61. The average molecular weight is 278 g/mol. The molecule has 1 heterocycles. The van der Waals surface area contributed by atoms with Crippen LogP contribution in [0.4, 0.5) is 0 Å². The molecular weight excluding hydrogens is 252 g/mol. The third kappa shape index (κ3) is 6.12. The van der Waals surface area contributed by atoms with Gasteiger partial charge in [0.1, 0.15) is 0 Å². The maximum absolute atomic E-state index is 6.00. The zero-order valence-corrected chi connectivity index (χ0v) is 14.0. The van der Waals surface area contributed by atoms with Gasteiger partial charge in [0, 0.05) is 6.20 Å². The number of rotatable bonds is 6. The van der Waals surface area contributed by atoms with E-state index in [4.69, 9.17) is 9.42 Å². The second kappa shape index (κ2) is 6.96. The average Bonchev–Trinajstić information content (AvgIpc) is 2.33. The Balaban J connectivity index is 2.78. The van der Waals surface area contributed by atoms with Gasteiger partial charge < -0.3 is 4.43 Å². The third-order valence-electron chi connectivity index (χ3n) is 2.85. The van der Waals surface area contributed by atoms with Crippen molar-refractivity contribution in [1.82, 2.24) is 4.98 Å². The maximum atomic E-state index is 6.00. The van der Waals surface area contributed by atoms with Crippen LogP contribution in [0.15, 0.2) is 29.4 Å². The summed E-state index contributed by atoms with van der Waals surface area (Å²) in [5.41, 5.74) is 1.93. The Morgan fingerprint density at radius 1 is 1.32 bits per heavy atom. The van der Waals surface area contributed by atoms with Gasteiger partial charge in [-0.05, 0) is 44.6 Å². The summed E-state index contributed by atoms with van der Waals surface area (Å²) in [6.45, 7) is 13.7. The van der Waals surface area contributed by atoms with Gasteiger partial charge in [0.2, 0.25) is 0 Å². The molecule has 0 spiro atoms. The molecule has 0 radical (unpaired) electrons. The summed E-state index contributed by atoms with van der Waals surface area (Å²) >= 11 is 0. The molecule has 0 saturated carbocycles. The normalized spacial score (nSPS) is 14.8. The summed E-state index contributed by atoms with van der Waals surface area (Å²) in [6.07, 6.45) is 1.80. The molecule has 3 nitrogen and oxygen atoms in total. The van der Waals surface area contributed by atoms with Crippen LogP contribution in [0.25, 0.3) is 0 Å². The largest absolute Gasteiger partial charge is 0.415 e. The molecule has 0 bridgehead atoms. The number of aromatic nitrogens is 1. The van der Waals surface area contributed by atoms with E-state index in [0.29, 0.717) is 12.5 Å². The molecule has 0 amide bonds. The number of hydrogen-bond donors (Lipinski definition) is 0. The fraction of sp³-hybridized carbons (Fsp3) is 0.600. The molecule has 0 aliphatic heterocycles. The lowest BCUT2D eigenvalue weighted by Gasteiger charge is -2.23. The van der Waals surface area contributed by atoms with Crippen molar-refractivity contribution in [1.29, 1.82) is 0 Å². The monoisotopic (exact) mass is 278 g/mol. The molecule has 1 aromatic heterocycles. The highest BCUT2D eigenvalue weighted by atomic mass is 28.4. The predicted octanol–water partition coefficient (Wildman–Crippen LogP) is 3.77. The van der Waals surface area contributed by atoms with Crippen molar-refractivity contribution < 1.29 is 4.43 Å². The molecule has 0 aromatic carbocycles. The number of hydrogen-bond acceptors (Lipinski definition) is 3. The van der Waals surface area contributed by atoms with Crippen molar-refractivity contribution in [3.63, 3.8) is 0 Å². The van der Waals surface area contributed by atoms with E-state index in [1.54, 1.807) is 6.20 Å². The maximum Gasteiger partial charge on any atom is 0.183 e. The Labute approximate surface area is 118 Å². The Kier molecular flexibility index (Phi) is 5.88. The smallest absolute Gasteiger partial charge is 0.183 e. The lowest BCUT2D eigenvalue weighted by molar-refractivity contribution is 0.255. The Hall–Kier alpha value is -1.00. The first kappa shape index (κ1) is 16.1. The molecular formula is C15H26N2OSi. The molecule has 1 aromatic rings. The van der Waals surface area contributed by atoms with E-state index in [2.05, 4.69) is 38.5 Å². The van der Waals surface area contributed by atoms with Crippen LogP contribution >= 0.6 is 0 Å². The van der Waals surface area contributed by atoms with Gasteiger partial charge in [0.25, 0.3) is 0 Å². The zero-order chi connectivity index (χ0) is 14.5.